The third-order valence-corrected chi connectivity index (χ3v) is 4.21. The molecule has 0 unspecified atom stereocenters. The largest absolute Gasteiger partial charge is 0.351 e. The summed E-state index contributed by atoms with van der Waals surface area (Å²) in [4.78, 5) is 13.2. The SMILES string of the molecule is O=C(NCCSc1ccccc1)c1cc(Cl)cc(Br)c1. The lowest BCUT2D eigenvalue weighted by atomic mass is 10.2. The number of hydrogen-bond donors (Lipinski definition) is 1. The first-order valence-corrected chi connectivity index (χ1v) is 8.23. The summed E-state index contributed by atoms with van der Waals surface area (Å²) in [6, 6.07) is 15.3. The number of hydrogen-bond acceptors (Lipinski definition) is 2. The molecule has 0 bridgehead atoms. The standard InChI is InChI=1S/C15H13BrClNOS/c16-12-8-11(9-13(17)10-12)15(19)18-6-7-20-14-4-2-1-3-5-14/h1-5,8-10H,6-7H2,(H,18,19). The highest BCUT2D eigenvalue weighted by molar-refractivity contribution is 9.10. The maximum Gasteiger partial charge on any atom is 0.251 e. The summed E-state index contributed by atoms with van der Waals surface area (Å²) < 4.78 is 0.800. The van der Waals surface area contributed by atoms with Gasteiger partial charge in [-0.05, 0) is 30.3 Å². The van der Waals surface area contributed by atoms with Crippen LogP contribution in [0.25, 0.3) is 0 Å². The van der Waals surface area contributed by atoms with E-state index in [0.717, 1.165) is 10.2 Å². The van der Waals surface area contributed by atoms with E-state index in [2.05, 4.69) is 33.4 Å². The maximum absolute atomic E-state index is 12.0. The van der Waals surface area contributed by atoms with E-state index in [9.17, 15) is 4.79 Å². The Morgan fingerprint density at radius 2 is 1.95 bits per heavy atom. The van der Waals surface area contributed by atoms with Gasteiger partial charge in [-0.15, -0.1) is 11.8 Å². The van der Waals surface area contributed by atoms with E-state index >= 15 is 0 Å². The molecule has 1 N–H and O–H groups in total. The van der Waals surface area contributed by atoms with Crippen LogP contribution in [0.1, 0.15) is 10.4 Å². The van der Waals surface area contributed by atoms with Gasteiger partial charge in [0.2, 0.25) is 0 Å². The number of halogens is 2. The van der Waals surface area contributed by atoms with Crippen LogP contribution in [0, 0.1) is 0 Å². The molecular weight excluding hydrogens is 358 g/mol. The average molecular weight is 371 g/mol. The Balaban J connectivity index is 1.80. The van der Waals surface area contributed by atoms with Gasteiger partial charge in [0, 0.05) is 32.3 Å². The Morgan fingerprint density at radius 1 is 1.20 bits per heavy atom. The van der Waals surface area contributed by atoms with Crippen molar-refractivity contribution in [3.63, 3.8) is 0 Å². The number of thioether (sulfide) groups is 1. The Bertz CT molecular complexity index is 571. The molecule has 0 atom stereocenters. The molecule has 0 saturated heterocycles. The van der Waals surface area contributed by atoms with Crippen molar-refractivity contribution in [2.45, 2.75) is 4.90 Å². The van der Waals surface area contributed by atoms with Crippen LogP contribution in [0.4, 0.5) is 0 Å². The van der Waals surface area contributed by atoms with Gasteiger partial charge in [0.1, 0.15) is 0 Å². The number of carbonyl (C=O) groups excluding carboxylic acids is 1. The molecule has 1 amide bonds. The highest BCUT2D eigenvalue weighted by atomic mass is 79.9. The van der Waals surface area contributed by atoms with Crippen molar-refractivity contribution in [2.24, 2.45) is 0 Å². The smallest absolute Gasteiger partial charge is 0.251 e. The van der Waals surface area contributed by atoms with Gasteiger partial charge in [-0.2, -0.15) is 0 Å². The van der Waals surface area contributed by atoms with Crippen LogP contribution in [0.3, 0.4) is 0 Å². The van der Waals surface area contributed by atoms with Crippen molar-refractivity contribution in [1.29, 1.82) is 0 Å². The Kier molecular flexibility index (Phi) is 5.95. The number of carbonyl (C=O) groups is 1. The minimum absolute atomic E-state index is 0.109. The topological polar surface area (TPSA) is 29.1 Å². The molecule has 0 radical (unpaired) electrons. The average Bonchev–Trinajstić information content (AvgIpc) is 2.43. The predicted octanol–water partition coefficient (Wildman–Crippen LogP) is 4.62. The third-order valence-electron chi connectivity index (χ3n) is 2.52. The minimum Gasteiger partial charge on any atom is -0.351 e. The van der Waals surface area contributed by atoms with Gasteiger partial charge in [-0.25, -0.2) is 0 Å². The van der Waals surface area contributed by atoms with Gasteiger partial charge < -0.3 is 5.32 Å². The van der Waals surface area contributed by atoms with Crippen LogP contribution in [0.5, 0.6) is 0 Å². The van der Waals surface area contributed by atoms with E-state index in [4.69, 9.17) is 11.6 Å². The molecule has 5 heteroatoms. The van der Waals surface area contributed by atoms with Gasteiger partial charge >= 0.3 is 0 Å². The molecule has 0 aliphatic rings. The molecule has 2 nitrogen and oxygen atoms in total. The molecule has 0 aliphatic carbocycles. The molecule has 0 saturated carbocycles. The molecule has 2 rings (SSSR count). The van der Waals surface area contributed by atoms with Crippen molar-refractivity contribution >= 4 is 45.2 Å². The monoisotopic (exact) mass is 369 g/mol. The fourth-order valence-electron chi connectivity index (χ4n) is 1.64. The third kappa shape index (κ3) is 4.85. The molecule has 20 heavy (non-hydrogen) atoms. The molecule has 0 spiro atoms. The number of rotatable bonds is 5. The van der Waals surface area contributed by atoms with Gasteiger partial charge in [0.25, 0.3) is 5.91 Å². The quantitative estimate of drug-likeness (QED) is 0.614. The fraction of sp³-hybridized carbons (Fsp3) is 0.133. The first-order valence-electron chi connectivity index (χ1n) is 6.07. The fourth-order valence-corrected chi connectivity index (χ4v) is 3.29. The predicted molar refractivity (Wildman–Crippen MR) is 88.7 cm³/mol. The van der Waals surface area contributed by atoms with Gasteiger partial charge in [0.15, 0.2) is 0 Å². The van der Waals surface area contributed by atoms with E-state index in [0.29, 0.717) is 17.1 Å². The molecule has 104 valence electrons. The van der Waals surface area contributed by atoms with Crippen LogP contribution < -0.4 is 5.32 Å². The Labute approximate surface area is 136 Å². The number of nitrogens with one attached hydrogen (secondary N) is 1. The van der Waals surface area contributed by atoms with Crippen molar-refractivity contribution in [3.8, 4) is 0 Å². The Morgan fingerprint density at radius 3 is 2.65 bits per heavy atom. The molecular formula is C15H13BrClNOS. The highest BCUT2D eigenvalue weighted by Crippen LogP contribution is 2.19. The molecule has 2 aromatic rings. The highest BCUT2D eigenvalue weighted by Gasteiger charge is 2.07. The zero-order chi connectivity index (χ0) is 14.4. The second-order valence-corrected chi connectivity index (χ2v) is 6.60. The lowest BCUT2D eigenvalue weighted by Crippen LogP contribution is -2.25. The van der Waals surface area contributed by atoms with Gasteiger partial charge in [0.05, 0.1) is 0 Å². The molecule has 2 aromatic carbocycles. The van der Waals surface area contributed by atoms with Crippen LogP contribution in [-0.2, 0) is 0 Å². The van der Waals surface area contributed by atoms with Crippen molar-refractivity contribution in [3.05, 3.63) is 63.6 Å². The molecule has 0 aliphatic heterocycles. The normalized spacial score (nSPS) is 10.3. The molecule has 0 heterocycles. The van der Waals surface area contributed by atoms with Gasteiger partial charge in [-0.1, -0.05) is 45.7 Å². The summed E-state index contributed by atoms with van der Waals surface area (Å²) in [5, 5.41) is 3.43. The molecule has 0 fully saturated rings. The summed E-state index contributed by atoms with van der Waals surface area (Å²) in [5.74, 6) is 0.721. The summed E-state index contributed by atoms with van der Waals surface area (Å²) in [6.45, 7) is 0.614. The second kappa shape index (κ2) is 7.72. The lowest BCUT2D eigenvalue weighted by molar-refractivity contribution is 0.0956. The zero-order valence-corrected chi connectivity index (χ0v) is 13.8. The molecule has 0 aromatic heterocycles. The van der Waals surface area contributed by atoms with E-state index < -0.39 is 0 Å². The van der Waals surface area contributed by atoms with Crippen LogP contribution >= 0.6 is 39.3 Å². The first kappa shape index (κ1) is 15.4. The zero-order valence-electron chi connectivity index (χ0n) is 10.6. The summed E-state index contributed by atoms with van der Waals surface area (Å²) in [7, 11) is 0. The first-order chi connectivity index (χ1) is 9.65. The Hall–Kier alpha value is -0.970. The minimum atomic E-state index is -0.109. The van der Waals surface area contributed by atoms with E-state index in [1.165, 1.54) is 4.90 Å². The van der Waals surface area contributed by atoms with Crippen LogP contribution in [0.15, 0.2) is 57.9 Å². The van der Waals surface area contributed by atoms with Gasteiger partial charge in [-0.3, -0.25) is 4.79 Å². The van der Waals surface area contributed by atoms with Crippen LogP contribution in [-0.4, -0.2) is 18.2 Å². The summed E-state index contributed by atoms with van der Waals surface area (Å²) in [6.07, 6.45) is 0. The van der Waals surface area contributed by atoms with E-state index in [1.807, 2.05) is 18.2 Å². The number of amides is 1. The summed E-state index contributed by atoms with van der Waals surface area (Å²) in [5.41, 5.74) is 0.564. The van der Waals surface area contributed by atoms with Crippen molar-refractivity contribution < 1.29 is 4.79 Å². The van der Waals surface area contributed by atoms with Crippen molar-refractivity contribution in [2.75, 3.05) is 12.3 Å². The maximum atomic E-state index is 12.0. The second-order valence-electron chi connectivity index (χ2n) is 4.08. The summed E-state index contributed by atoms with van der Waals surface area (Å²) >= 11 is 11.0. The van der Waals surface area contributed by atoms with Crippen LogP contribution in [0.2, 0.25) is 5.02 Å². The lowest BCUT2D eigenvalue weighted by Gasteiger charge is -2.06. The van der Waals surface area contributed by atoms with Crippen molar-refractivity contribution in [1.82, 2.24) is 5.32 Å². The number of benzene rings is 2. The van der Waals surface area contributed by atoms with E-state index in [-0.39, 0.29) is 5.91 Å². The van der Waals surface area contributed by atoms with E-state index in [1.54, 1.807) is 30.0 Å².